The number of hydrogen-bond acceptors (Lipinski definition) is 8. The van der Waals surface area contributed by atoms with Crippen LogP contribution in [-0.4, -0.2) is 39.0 Å². The van der Waals surface area contributed by atoms with Crippen molar-refractivity contribution in [2.45, 2.75) is 52.4 Å². The van der Waals surface area contributed by atoms with Crippen molar-refractivity contribution >= 4 is 40.0 Å². The quantitative estimate of drug-likeness (QED) is 0.205. The first-order valence-corrected chi connectivity index (χ1v) is 13.0. The van der Waals surface area contributed by atoms with Crippen molar-refractivity contribution in [2.75, 3.05) is 17.7 Å². The second kappa shape index (κ2) is 12.0. The predicted molar refractivity (Wildman–Crippen MR) is 140 cm³/mol. The van der Waals surface area contributed by atoms with Crippen LogP contribution in [0.2, 0.25) is 0 Å². The predicted octanol–water partition coefficient (Wildman–Crippen LogP) is 5.50. The Balaban J connectivity index is 1.69. The third-order valence-electron chi connectivity index (χ3n) is 5.15. The molecule has 2 aromatic heterocycles. The van der Waals surface area contributed by atoms with E-state index in [1.54, 1.807) is 19.1 Å². The van der Waals surface area contributed by atoms with Gasteiger partial charge in [-0.05, 0) is 63.9 Å². The first-order chi connectivity index (χ1) is 16.7. The molecule has 3 rings (SSSR count). The molecule has 1 atom stereocenters. The van der Waals surface area contributed by atoms with E-state index in [0.717, 1.165) is 16.2 Å². The lowest BCUT2D eigenvalue weighted by Gasteiger charge is -2.16. The summed E-state index contributed by atoms with van der Waals surface area (Å²) in [4.78, 5) is 25.7. The highest BCUT2D eigenvalue weighted by atomic mass is 32.2. The van der Waals surface area contributed by atoms with Gasteiger partial charge in [-0.1, -0.05) is 23.9 Å². The number of anilines is 1. The summed E-state index contributed by atoms with van der Waals surface area (Å²) in [6.07, 6.45) is 1.40. The number of nitrogens with zero attached hydrogens (tertiary/aromatic N) is 3. The first-order valence-electron chi connectivity index (χ1n) is 11.2. The van der Waals surface area contributed by atoms with Gasteiger partial charge in [0.05, 0.1) is 17.9 Å². The Labute approximate surface area is 213 Å². The van der Waals surface area contributed by atoms with Gasteiger partial charge in [-0.2, -0.15) is 0 Å². The zero-order chi connectivity index (χ0) is 25.5. The molecule has 0 bridgehead atoms. The van der Waals surface area contributed by atoms with E-state index in [1.165, 1.54) is 28.7 Å². The van der Waals surface area contributed by atoms with Gasteiger partial charge in [0.2, 0.25) is 5.91 Å². The lowest BCUT2D eigenvalue weighted by atomic mass is 10.1. The zero-order valence-electron chi connectivity index (χ0n) is 20.6. The maximum Gasteiger partial charge on any atom is 0.341 e. The average molecular weight is 515 g/mol. The zero-order valence-corrected chi connectivity index (χ0v) is 22.2. The van der Waals surface area contributed by atoms with Crippen LogP contribution >= 0.6 is 23.1 Å². The van der Waals surface area contributed by atoms with Crippen LogP contribution in [0.4, 0.5) is 5.00 Å². The van der Waals surface area contributed by atoms with Crippen LogP contribution in [0, 0.1) is 20.8 Å². The minimum Gasteiger partial charge on any atom is -0.483 e. The number of carbonyl (C=O) groups excluding carboxylic acids is 2. The van der Waals surface area contributed by atoms with Gasteiger partial charge in [0.15, 0.2) is 17.1 Å². The molecule has 186 valence electrons. The molecule has 0 fully saturated rings. The topological polar surface area (TPSA) is 95.3 Å². The third kappa shape index (κ3) is 6.73. The number of esters is 1. The first kappa shape index (κ1) is 26.5. The summed E-state index contributed by atoms with van der Waals surface area (Å²) in [5, 5.41) is 12.5. The number of aromatic nitrogens is 3. The smallest absolute Gasteiger partial charge is 0.341 e. The Morgan fingerprint density at radius 3 is 2.69 bits per heavy atom. The summed E-state index contributed by atoms with van der Waals surface area (Å²) in [6.45, 7) is 14.2. The van der Waals surface area contributed by atoms with Gasteiger partial charge < -0.3 is 14.8 Å². The summed E-state index contributed by atoms with van der Waals surface area (Å²) < 4.78 is 13.1. The second-order valence-electron chi connectivity index (χ2n) is 7.90. The fraction of sp³-hybridized carbons (Fsp3) is 0.360. The van der Waals surface area contributed by atoms with Crippen molar-refractivity contribution in [3.63, 3.8) is 0 Å². The number of aryl methyl sites for hydroxylation is 3. The molecule has 8 nitrogen and oxygen atoms in total. The third-order valence-corrected chi connectivity index (χ3v) is 7.08. The highest BCUT2D eigenvalue weighted by Crippen LogP contribution is 2.29. The van der Waals surface area contributed by atoms with Crippen LogP contribution < -0.4 is 10.1 Å². The number of hydrogen-bond donors (Lipinski definition) is 1. The number of allylic oxidation sites excluding steroid dienone is 1. The molecular formula is C25H30N4O4S2. The van der Waals surface area contributed by atoms with Crippen LogP contribution in [0.3, 0.4) is 0 Å². The molecular weight excluding hydrogens is 484 g/mol. The number of amides is 1. The van der Waals surface area contributed by atoms with E-state index < -0.39 is 5.97 Å². The molecule has 1 N–H and O–H groups in total. The monoisotopic (exact) mass is 514 g/mol. The van der Waals surface area contributed by atoms with Gasteiger partial charge >= 0.3 is 5.97 Å². The number of rotatable bonds is 11. The molecule has 1 aromatic carbocycles. The molecule has 1 amide bonds. The molecule has 0 aliphatic heterocycles. The molecule has 0 aliphatic carbocycles. The van der Waals surface area contributed by atoms with Crippen LogP contribution in [0.5, 0.6) is 5.75 Å². The molecule has 0 saturated heterocycles. The lowest BCUT2D eigenvalue weighted by Crippen LogP contribution is -2.17. The van der Waals surface area contributed by atoms with E-state index >= 15 is 0 Å². The van der Waals surface area contributed by atoms with E-state index in [0.29, 0.717) is 28.1 Å². The van der Waals surface area contributed by atoms with Crippen LogP contribution in [0.15, 0.2) is 42.1 Å². The molecule has 0 radical (unpaired) electrons. The number of carbonyl (C=O) groups is 2. The van der Waals surface area contributed by atoms with Crippen molar-refractivity contribution in [3.8, 4) is 5.75 Å². The maximum absolute atomic E-state index is 12.7. The van der Waals surface area contributed by atoms with Crippen molar-refractivity contribution < 1.29 is 19.1 Å². The average Bonchev–Trinajstić information content (AvgIpc) is 3.38. The van der Waals surface area contributed by atoms with Gasteiger partial charge in [0, 0.05) is 11.4 Å². The van der Waals surface area contributed by atoms with E-state index in [4.69, 9.17) is 9.47 Å². The van der Waals surface area contributed by atoms with Crippen molar-refractivity contribution in [2.24, 2.45) is 0 Å². The normalized spacial score (nSPS) is 11.7. The number of benzene rings is 1. The van der Waals surface area contributed by atoms with E-state index in [9.17, 15) is 9.59 Å². The fourth-order valence-corrected chi connectivity index (χ4v) is 4.98. The van der Waals surface area contributed by atoms with Gasteiger partial charge in [-0.15, -0.1) is 28.1 Å². The van der Waals surface area contributed by atoms with Gasteiger partial charge in [0.25, 0.3) is 0 Å². The number of ether oxygens (including phenoxy) is 2. The molecule has 35 heavy (non-hydrogen) atoms. The maximum atomic E-state index is 12.7. The number of thioether (sulfide) groups is 1. The van der Waals surface area contributed by atoms with Crippen molar-refractivity contribution in [1.29, 1.82) is 0 Å². The standard InChI is InChI=1S/C25H30N4O4S2/c1-7-11-29-22(18(6)33-19-10-9-15(3)16(4)12-19)27-28-25(29)34-14-21(30)26-23-20(13-17(5)35-23)24(31)32-8-2/h7,9-10,12-13,18H,1,8,11,14H2,2-6H3,(H,26,30). The molecule has 3 aromatic rings. The Kier molecular flexibility index (Phi) is 9.11. The Hall–Kier alpha value is -3.11. The summed E-state index contributed by atoms with van der Waals surface area (Å²) in [7, 11) is 0. The van der Waals surface area contributed by atoms with Gasteiger partial charge in [0.1, 0.15) is 10.8 Å². The summed E-state index contributed by atoms with van der Waals surface area (Å²) in [6, 6.07) is 7.67. The molecule has 0 saturated carbocycles. The highest BCUT2D eigenvalue weighted by molar-refractivity contribution is 7.99. The summed E-state index contributed by atoms with van der Waals surface area (Å²) in [5.41, 5.74) is 2.71. The highest BCUT2D eigenvalue weighted by Gasteiger charge is 2.21. The Bertz CT molecular complexity index is 1220. The summed E-state index contributed by atoms with van der Waals surface area (Å²) >= 11 is 2.59. The number of nitrogens with one attached hydrogen (secondary N) is 1. The molecule has 0 aliphatic rings. The Morgan fingerprint density at radius 1 is 1.23 bits per heavy atom. The van der Waals surface area contributed by atoms with Crippen LogP contribution in [0.25, 0.3) is 0 Å². The SMILES string of the molecule is C=CCn1c(SCC(=O)Nc2sc(C)cc2C(=O)OCC)nnc1C(C)Oc1ccc(C)c(C)c1. The molecule has 2 heterocycles. The molecule has 10 heteroatoms. The largest absolute Gasteiger partial charge is 0.483 e. The second-order valence-corrected chi connectivity index (χ2v) is 10.1. The van der Waals surface area contributed by atoms with Gasteiger partial charge in [-0.25, -0.2) is 4.79 Å². The molecule has 0 spiro atoms. The fourth-order valence-electron chi connectivity index (χ4n) is 3.31. The van der Waals surface area contributed by atoms with Crippen molar-refractivity contribution in [3.05, 3.63) is 64.3 Å². The van der Waals surface area contributed by atoms with Gasteiger partial charge in [-0.3, -0.25) is 9.36 Å². The minimum absolute atomic E-state index is 0.0981. The number of thiophene rings is 1. The van der Waals surface area contributed by atoms with Crippen LogP contribution in [0.1, 0.15) is 52.1 Å². The minimum atomic E-state index is -0.451. The van der Waals surface area contributed by atoms with E-state index in [2.05, 4.69) is 29.0 Å². The Morgan fingerprint density at radius 2 is 2.00 bits per heavy atom. The van der Waals surface area contributed by atoms with Crippen molar-refractivity contribution in [1.82, 2.24) is 14.8 Å². The van der Waals surface area contributed by atoms with E-state index in [1.807, 2.05) is 43.5 Å². The molecule has 1 unspecified atom stereocenters. The lowest BCUT2D eigenvalue weighted by molar-refractivity contribution is -0.113. The summed E-state index contributed by atoms with van der Waals surface area (Å²) in [5.74, 6) is 0.793. The van der Waals surface area contributed by atoms with E-state index in [-0.39, 0.29) is 24.4 Å². The van der Waals surface area contributed by atoms with Crippen LogP contribution in [-0.2, 0) is 16.1 Å².